The first-order chi connectivity index (χ1) is 8.88. The number of rotatable bonds is 7. The highest BCUT2D eigenvalue weighted by Crippen LogP contribution is 2.19. The lowest BCUT2D eigenvalue weighted by atomic mass is 10.2. The maximum atomic E-state index is 11.9. The summed E-state index contributed by atoms with van der Waals surface area (Å²) < 4.78 is 26.2. The van der Waals surface area contributed by atoms with Gasteiger partial charge < -0.3 is 16.6 Å². The molecule has 0 aliphatic heterocycles. The third-order valence-electron chi connectivity index (χ3n) is 2.46. The van der Waals surface area contributed by atoms with Crippen molar-refractivity contribution in [3.05, 3.63) is 23.8 Å². The minimum Gasteiger partial charge on any atom is -0.398 e. The molecular formula is C11H17N3O4S. The molecule has 0 spiro atoms. The molecule has 1 amide bonds. The summed E-state index contributed by atoms with van der Waals surface area (Å²) in [7, 11) is -3.72. The molecule has 0 aromatic heterocycles. The second-order valence-corrected chi connectivity index (χ2v) is 5.68. The Morgan fingerprint density at radius 2 is 2.00 bits per heavy atom. The molecule has 1 rings (SSSR count). The number of anilines is 1. The van der Waals surface area contributed by atoms with Gasteiger partial charge in [-0.15, -0.1) is 0 Å². The summed E-state index contributed by atoms with van der Waals surface area (Å²) in [6.07, 6.45) is 1.04. The van der Waals surface area contributed by atoms with Gasteiger partial charge in [-0.2, -0.15) is 0 Å². The van der Waals surface area contributed by atoms with Crippen molar-refractivity contribution in [1.82, 2.24) is 4.72 Å². The number of benzene rings is 1. The van der Waals surface area contributed by atoms with Crippen molar-refractivity contribution in [2.24, 2.45) is 5.73 Å². The monoisotopic (exact) mass is 287 g/mol. The Hall–Kier alpha value is -1.64. The number of unbranched alkanes of at least 4 members (excludes halogenated alkanes) is 1. The topological polar surface area (TPSA) is 136 Å². The minimum atomic E-state index is -3.72. The predicted molar refractivity (Wildman–Crippen MR) is 70.9 cm³/mol. The van der Waals surface area contributed by atoms with E-state index in [1.54, 1.807) is 0 Å². The number of hydrogen-bond acceptors (Lipinski definition) is 5. The summed E-state index contributed by atoms with van der Waals surface area (Å²) in [5.41, 5.74) is 10.8. The summed E-state index contributed by atoms with van der Waals surface area (Å²) in [5.74, 6) is -0.674. The lowest BCUT2D eigenvalue weighted by molar-refractivity contribution is 0.1000. The van der Waals surface area contributed by atoms with Crippen molar-refractivity contribution >= 4 is 21.6 Å². The Morgan fingerprint density at radius 1 is 1.32 bits per heavy atom. The van der Waals surface area contributed by atoms with Crippen molar-refractivity contribution in [1.29, 1.82) is 0 Å². The van der Waals surface area contributed by atoms with Crippen molar-refractivity contribution in [2.75, 3.05) is 18.9 Å². The molecule has 1 aromatic rings. The Morgan fingerprint density at radius 3 is 2.53 bits per heavy atom. The molecule has 19 heavy (non-hydrogen) atoms. The van der Waals surface area contributed by atoms with Crippen molar-refractivity contribution in [2.45, 2.75) is 17.7 Å². The number of carbonyl (C=O) groups is 1. The van der Waals surface area contributed by atoms with Crippen LogP contribution < -0.4 is 16.2 Å². The molecule has 6 N–H and O–H groups in total. The molecule has 0 atom stereocenters. The quantitative estimate of drug-likeness (QED) is 0.393. The van der Waals surface area contributed by atoms with E-state index >= 15 is 0 Å². The summed E-state index contributed by atoms with van der Waals surface area (Å²) >= 11 is 0. The highest BCUT2D eigenvalue weighted by atomic mass is 32.2. The van der Waals surface area contributed by atoms with Crippen LogP contribution in [0.15, 0.2) is 23.1 Å². The van der Waals surface area contributed by atoms with E-state index in [9.17, 15) is 13.2 Å². The van der Waals surface area contributed by atoms with Crippen LogP contribution in [0.25, 0.3) is 0 Å². The van der Waals surface area contributed by atoms with E-state index in [2.05, 4.69) is 4.72 Å². The maximum Gasteiger partial charge on any atom is 0.248 e. The molecule has 0 aliphatic carbocycles. The predicted octanol–water partition coefficient (Wildman–Crippen LogP) is -0.581. The molecule has 0 radical (unpaired) electrons. The molecule has 0 aliphatic rings. The molecule has 106 valence electrons. The first-order valence-corrected chi connectivity index (χ1v) is 7.16. The Bertz CT molecular complexity index is 557. The SMILES string of the molecule is NC(=O)c1ccc(S(=O)(=O)NCCCCO)c(N)c1. The highest BCUT2D eigenvalue weighted by Gasteiger charge is 2.17. The molecule has 0 fully saturated rings. The van der Waals surface area contributed by atoms with Gasteiger partial charge in [0, 0.05) is 18.7 Å². The minimum absolute atomic E-state index is 0.0111. The number of nitrogens with two attached hydrogens (primary N) is 2. The van der Waals surface area contributed by atoms with Gasteiger partial charge in [0.05, 0.1) is 5.69 Å². The van der Waals surface area contributed by atoms with Gasteiger partial charge in [-0.05, 0) is 31.0 Å². The van der Waals surface area contributed by atoms with Crippen LogP contribution >= 0.6 is 0 Å². The molecule has 0 unspecified atom stereocenters. The average Bonchev–Trinajstić information content (AvgIpc) is 2.34. The Labute approximate surface area is 111 Å². The van der Waals surface area contributed by atoms with E-state index in [0.29, 0.717) is 12.8 Å². The van der Waals surface area contributed by atoms with Gasteiger partial charge in [0.15, 0.2) is 0 Å². The van der Waals surface area contributed by atoms with Crippen LogP contribution in [0.4, 0.5) is 5.69 Å². The van der Waals surface area contributed by atoms with Crippen molar-refractivity contribution in [3.8, 4) is 0 Å². The zero-order valence-electron chi connectivity index (χ0n) is 10.3. The fourth-order valence-corrected chi connectivity index (χ4v) is 2.65. The molecule has 8 heteroatoms. The van der Waals surface area contributed by atoms with E-state index in [-0.39, 0.29) is 29.3 Å². The number of nitrogen functional groups attached to an aromatic ring is 1. The number of carbonyl (C=O) groups excluding carboxylic acids is 1. The van der Waals surface area contributed by atoms with Crippen LogP contribution in [-0.4, -0.2) is 32.6 Å². The summed E-state index contributed by atoms with van der Waals surface area (Å²) in [5, 5.41) is 8.60. The fraction of sp³-hybridized carbons (Fsp3) is 0.364. The molecule has 0 saturated heterocycles. The van der Waals surface area contributed by atoms with Gasteiger partial charge in [-0.1, -0.05) is 0 Å². The van der Waals surface area contributed by atoms with Crippen LogP contribution in [0.3, 0.4) is 0 Å². The van der Waals surface area contributed by atoms with Crippen LogP contribution in [0.5, 0.6) is 0 Å². The first kappa shape index (κ1) is 15.4. The highest BCUT2D eigenvalue weighted by molar-refractivity contribution is 7.89. The van der Waals surface area contributed by atoms with E-state index in [1.165, 1.54) is 18.2 Å². The molecule has 1 aromatic carbocycles. The molecule has 0 bridgehead atoms. The van der Waals surface area contributed by atoms with Crippen LogP contribution in [-0.2, 0) is 10.0 Å². The second kappa shape index (κ2) is 6.50. The fourth-order valence-electron chi connectivity index (χ4n) is 1.47. The summed E-state index contributed by atoms with van der Waals surface area (Å²) in [4.78, 5) is 10.8. The maximum absolute atomic E-state index is 11.9. The van der Waals surface area contributed by atoms with Gasteiger partial charge in [-0.25, -0.2) is 13.1 Å². The number of sulfonamides is 1. The molecule has 0 saturated carbocycles. The van der Waals surface area contributed by atoms with Gasteiger partial charge >= 0.3 is 0 Å². The van der Waals surface area contributed by atoms with Crippen molar-refractivity contribution < 1.29 is 18.3 Å². The zero-order valence-corrected chi connectivity index (χ0v) is 11.1. The van der Waals surface area contributed by atoms with Crippen LogP contribution in [0, 0.1) is 0 Å². The largest absolute Gasteiger partial charge is 0.398 e. The average molecular weight is 287 g/mol. The lowest BCUT2D eigenvalue weighted by Crippen LogP contribution is -2.26. The normalized spacial score (nSPS) is 11.4. The van der Waals surface area contributed by atoms with Crippen LogP contribution in [0.1, 0.15) is 23.2 Å². The number of primary amides is 1. The van der Waals surface area contributed by atoms with Gasteiger partial charge in [-0.3, -0.25) is 4.79 Å². The van der Waals surface area contributed by atoms with E-state index in [4.69, 9.17) is 16.6 Å². The molecular weight excluding hydrogens is 270 g/mol. The molecule has 0 heterocycles. The molecule has 7 nitrogen and oxygen atoms in total. The number of hydrogen-bond donors (Lipinski definition) is 4. The third-order valence-corrected chi connectivity index (χ3v) is 4.00. The van der Waals surface area contributed by atoms with E-state index < -0.39 is 15.9 Å². The number of nitrogens with one attached hydrogen (secondary N) is 1. The second-order valence-electron chi connectivity index (χ2n) is 3.95. The Balaban J connectivity index is 2.87. The third kappa shape index (κ3) is 4.19. The lowest BCUT2D eigenvalue weighted by Gasteiger charge is -2.09. The van der Waals surface area contributed by atoms with Crippen LogP contribution in [0.2, 0.25) is 0 Å². The van der Waals surface area contributed by atoms with Gasteiger partial charge in [0.2, 0.25) is 15.9 Å². The van der Waals surface area contributed by atoms with Gasteiger partial charge in [0.1, 0.15) is 4.90 Å². The number of aliphatic hydroxyl groups excluding tert-OH is 1. The number of aliphatic hydroxyl groups is 1. The summed E-state index contributed by atoms with van der Waals surface area (Å²) in [6.45, 7) is 0.219. The standard InChI is InChI=1S/C11H17N3O4S/c12-9-7-8(11(13)16)3-4-10(9)19(17,18)14-5-1-2-6-15/h3-4,7,14-15H,1-2,5-6,12H2,(H2,13,16). The van der Waals surface area contributed by atoms with E-state index in [0.717, 1.165) is 0 Å². The summed E-state index contributed by atoms with van der Waals surface area (Å²) in [6, 6.07) is 3.77. The van der Waals surface area contributed by atoms with Gasteiger partial charge in [0.25, 0.3) is 0 Å². The van der Waals surface area contributed by atoms with Crippen molar-refractivity contribution in [3.63, 3.8) is 0 Å². The zero-order chi connectivity index (χ0) is 14.5. The smallest absolute Gasteiger partial charge is 0.248 e. The van der Waals surface area contributed by atoms with E-state index in [1.807, 2.05) is 0 Å². The Kier molecular flexibility index (Phi) is 5.28. The first-order valence-electron chi connectivity index (χ1n) is 5.68. The number of amides is 1.